The molecule has 0 heterocycles. The van der Waals surface area contributed by atoms with Crippen molar-refractivity contribution in [1.29, 1.82) is 0 Å². The first-order valence-electron chi connectivity index (χ1n) is 2.39. The number of hydrogen-bond acceptors (Lipinski definition) is 2. The van der Waals surface area contributed by atoms with Crippen LogP contribution in [0.25, 0.3) is 0 Å². The van der Waals surface area contributed by atoms with Crippen LogP contribution in [-0.2, 0) is 0 Å². The molecule has 0 aromatic heterocycles. The van der Waals surface area contributed by atoms with Gasteiger partial charge in [-0.05, 0) is 0 Å². The highest BCUT2D eigenvalue weighted by Crippen LogP contribution is 2.02. The molecule has 4 heteroatoms. The summed E-state index contributed by atoms with van der Waals surface area (Å²) in [6.45, 7) is 2.06. The van der Waals surface area contributed by atoms with Crippen molar-refractivity contribution in [2.45, 2.75) is 17.3 Å². The van der Waals surface area contributed by atoms with E-state index in [1.54, 1.807) is 0 Å². The van der Waals surface area contributed by atoms with Crippen molar-refractivity contribution in [3.05, 3.63) is 10.1 Å². The van der Waals surface area contributed by atoms with Crippen LogP contribution >= 0.6 is 22.6 Å². The molecule has 0 radical (unpaired) electrons. The third-order valence-corrected chi connectivity index (χ3v) is 1.33. The Labute approximate surface area is 61.7 Å². The van der Waals surface area contributed by atoms with Gasteiger partial charge in [0.1, 0.15) is 0 Å². The smallest absolute Gasteiger partial charge is 0.204 e. The molecule has 0 bridgehead atoms. The lowest BCUT2D eigenvalue weighted by atomic mass is 10.3. The SMILES string of the molecule is CC(I)CC[N+](=O)[O-]. The van der Waals surface area contributed by atoms with E-state index >= 15 is 0 Å². The second-order valence-electron chi connectivity index (χ2n) is 1.63. The normalized spacial score (nSPS) is 13.2. The van der Waals surface area contributed by atoms with E-state index in [4.69, 9.17) is 0 Å². The van der Waals surface area contributed by atoms with E-state index in [2.05, 4.69) is 22.6 Å². The van der Waals surface area contributed by atoms with Crippen molar-refractivity contribution < 1.29 is 4.92 Å². The fourth-order valence-electron chi connectivity index (χ4n) is 0.283. The molecule has 3 nitrogen and oxygen atoms in total. The summed E-state index contributed by atoms with van der Waals surface area (Å²) in [5.74, 6) is 0. The van der Waals surface area contributed by atoms with E-state index in [0.29, 0.717) is 10.3 Å². The molecule has 0 rings (SSSR count). The molecule has 8 heavy (non-hydrogen) atoms. The Balaban J connectivity index is 3.05. The van der Waals surface area contributed by atoms with E-state index < -0.39 is 0 Å². The van der Waals surface area contributed by atoms with Crippen LogP contribution in [-0.4, -0.2) is 15.4 Å². The minimum absolute atomic E-state index is 0.101. The highest BCUT2D eigenvalue weighted by Gasteiger charge is 2.00. The predicted molar refractivity (Wildman–Crippen MR) is 40.0 cm³/mol. The molecular formula is C4H8INO2. The summed E-state index contributed by atoms with van der Waals surface area (Å²) in [4.78, 5) is 9.42. The van der Waals surface area contributed by atoms with Crippen molar-refractivity contribution in [2.75, 3.05) is 6.54 Å². The monoisotopic (exact) mass is 229 g/mol. The third-order valence-electron chi connectivity index (χ3n) is 0.709. The average molecular weight is 229 g/mol. The Morgan fingerprint density at radius 3 is 2.50 bits per heavy atom. The fourth-order valence-corrected chi connectivity index (χ4v) is 0.562. The molecular weight excluding hydrogens is 221 g/mol. The summed E-state index contributed by atoms with van der Waals surface area (Å²) in [5, 5.41) is 9.71. The molecule has 1 unspecified atom stereocenters. The van der Waals surface area contributed by atoms with Crippen LogP contribution in [0.4, 0.5) is 0 Å². The van der Waals surface area contributed by atoms with Crippen LogP contribution < -0.4 is 0 Å². The van der Waals surface area contributed by atoms with Gasteiger partial charge in [-0.2, -0.15) is 0 Å². The van der Waals surface area contributed by atoms with E-state index in [1.807, 2.05) is 6.92 Å². The maximum Gasteiger partial charge on any atom is 0.204 e. The molecule has 0 N–H and O–H groups in total. The van der Waals surface area contributed by atoms with Crippen LogP contribution in [0.3, 0.4) is 0 Å². The molecule has 1 atom stereocenters. The number of halogens is 1. The standard InChI is InChI=1S/C4H8INO2/c1-4(5)2-3-6(7)8/h4H,2-3H2,1H3. The van der Waals surface area contributed by atoms with Gasteiger partial charge in [-0.25, -0.2) is 0 Å². The zero-order chi connectivity index (χ0) is 6.57. The Hall–Kier alpha value is 0.130. The summed E-state index contributed by atoms with van der Waals surface area (Å²) in [7, 11) is 0. The number of nitro groups is 1. The number of hydrogen-bond donors (Lipinski definition) is 0. The molecule has 0 saturated heterocycles. The summed E-state index contributed by atoms with van der Waals surface area (Å²) < 4.78 is 0.415. The van der Waals surface area contributed by atoms with Gasteiger partial charge in [0, 0.05) is 15.3 Å². The van der Waals surface area contributed by atoms with Crippen LogP contribution in [0.1, 0.15) is 13.3 Å². The van der Waals surface area contributed by atoms with Crippen molar-refractivity contribution >= 4 is 22.6 Å². The fraction of sp³-hybridized carbons (Fsp3) is 1.00. The van der Waals surface area contributed by atoms with Gasteiger partial charge in [0.25, 0.3) is 0 Å². The molecule has 48 valence electrons. The van der Waals surface area contributed by atoms with Crippen molar-refractivity contribution in [3.8, 4) is 0 Å². The van der Waals surface area contributed by atoms with Gasteiger partial charge in [0.15, 0.2) is 0 Å². The van der Waals surface area contributed by atoms with E-state index in [1.165, 1.54) is 0 Å². The molecule has 0 aromatic rings. The molecule has 0 aliphatic rings. The Kier molecular flexibility index (Phi) is 4.12. The Morgan fingerprint density at radius 2 is 2.38 bits per heavy atom. The zero-order valence-corrected chi connectivity index (χ0v) is 6.79. The van der Waals surface area contributed by atoms with E-state index in [-0.39, 0.29) is 11.5 Å². The maximum atomic E-state index is 9.71. The van der Waals surface area contributed by atoms with Crippen molar-refractivity contribution in [2.24, 2.45) is 0 Å². The van der Waals surface area contributed by atoms with Crippen LogP contribution in [0.15, 0.2) is 0 Å². The quantitative estimate of drug-likeness (QED) is 0.318. The molecule has 0 saturated carbocycles. The van der Waals surface area contributed by atoms with E-state index in [9.17, 15) is 10.1 Å². The lowest BCUT2D eigenvalue weighted by Gasteiger charge is -1.94. The van der Waals surface area contributed by atoms with Gasteiger partial charge in [0.2, 0.25) is 6.54 Å². The first kappa shape index (κ1) is 8.13. The molecule has 0 spiro atoms. The van der Waals surface area contributed by atoms with E-state index in [0.717, 1.165) is 0 Å². The topological polar surface area (TPSA) is 43.1 Å². The summed E-state index contributed by atoms with van der Waals surface area (Å²) in [6, 6.07) is 0. The van der Waals surface area contributed by atoms with Gasteiger partial charge < -0.3 is 0 Å². The van der Waals surface area contributed by atoms with Gasteiger partial charge in [-0.1, -0.05) is 29.5 Å². The minimum atomic E-state index is -0.283. The average Bonchev–Trinajstić information content (AvgIpc) is 1.61. The van der Waals surface area contributed by atoms with Gasteiger partial charge in [-0.3, -0.25) is 10.1 Å². The molecule has 0 amide bonds. The second kappa shape index (κ2) is 4.05. The van der Waals surface area contributed by atoms with Crippen LogP contribution in [0, 0.1) is 10.1 Å². The van der Waals surface area contributed by atoms with Gasteiger partial charge in [-0.15, -0.1) is 0 Å². The number of alkyl halides is 1. The van der Waals surface area contributed by atoms with Gasteiger partial charge in [0.05, 0.1) is 0 Å². The van der Waals surface area contributed by atoms with Gasteiger partial charge >= 0.3 is 0 Å². The molecule has 0 aliphatic heterocycles. The lowest BCUT2D eigenvalue weighted by molar-refractivity contribution is -0.480. The molecule has 0 fully saturated rings. The van der Waals surface area contributed by atoms with Crippen LogP contribution in [0.2, 0.25) is 0 Å². The first-order chi connectivity index (χ1) is 3.63. The predicted octanol–water partition coefficient (Wildman–Crippen LogP) is 1.48. The Bertz CT molecular complexity index is 84.1. The lowest BCUT2D eigenvalue weighted by Crippen LogP contribution is -2.04. The van der Waals surface area contributed by atoms with Crippen LogP contribution in [0.5, 0.6) is 0 Å². The maximum absolute atomic E-state index is 9.71. The highest BCUT2D eigenvalue weighted by atomic mass is 127. The number of nitrogens with zero attached hydrogens (tertiary/aromatic N) is 1. The van der Waals surface area contributed by atoms with Crippen molar-refractivity contribution in [1.82, 2.24) is 0 Å². The first-order valence-corrected chi connectivity index (χ1v) is 3.63. The zero-order valence-electron chi connectivity index (χ0n) is 4.63. The molecule has 0 aliphatic carbocycles. The second-order valence-corrected chi connectivity index (χ2v) is 3.75. The Morgan fingerprint density at radius 1 is 1.88 bits per heavy atom. The third kappa shape index (κ3) is 6.13. The molecule has 0 aromatic carbocycles. The summed E-state index contributed by atoms with van der Waals surface area (Å²) in [5.41, 5.74) is 0. The summed E-state index contributed by atoms with van der Waals surface area (Å²) in [6.07, 6.45) is 0.674. The largest absolute Gasteiger partial charge is 0.265 e. The minimum Gasteiger partial charge on any atom is -0.265 e. The number of rotatable bonds is 3. The summed E-state index contributed by atoms with van der Waals surface area (Å²) >= 11 is 2.17. The van der Waals surface area contributed by atoms with Crippen molar-refractivity contribution in [3.63, 3.8) is 0 Å². The highest BCUT2D eigenvalue weighted by molar-refractivity contribution is 14.1.